The van der Waals surface area contributed by atoms with Gasteiger partial charge in [-0.1, -0.05) is 32.9 Å². The van der Waals surface area contributed by atoms with Crippen molar-refractivity contribution in [3.63, 3.8) is 0 Å². The summed E-state index contributed by atoms with van der Waals surface area (Å²) in [6, 6.07) is 7.74. The average Bonchev–Trinajstić information content (AvgIpc) is 3.50. The summed E-state index contributed by atoms with van der Waals surface area (Å²) in [5.74, 6) is 0.431. The monoisotopic (exact) mass is 545 g/mol. The summed E-state index contributed by atoms with van der Waals surface area (Å²) >= 11 is 0. The van der Waals surface area contributed by atoms with Crippen LogP contribution in [0.4, 0.5) is 11.6 Å². The fraction of sp³-hybridized carbons (Fsp3) is 0.429. The van der Waals surface area contributed by atoms with E-state index in [9.17, 15) is 9.90 Å². The molecule has 0 saturated heterocycles. The number of nitrogens with zero attached hydrogens (tertiary/aromatic N) is 7. The molecule has 1 aliphatic heterocycles. The third-order valence-corrected chi connectivity index (χ3v) is 7.06. The van der Waals surface area contributed by atoms with Gasteiger partial charge in [-0.15, -0.1) is 10.2 Å². The minimum absolute atomic E-state index is 0.0515. The fourth-order valence-electron chi connectivity index (χ4n) is 4.67. The maximum Gasteiger partial charge on any atom is 0.309 e. The molecule has 1 amide bonds. The number of nitrogens with one attached hydrogen (secondary N) is 2. The van der Waals surface area contributed by atoms with E-state index in [1.165, 1.54) is 0 Å². The second-order valence-electron chi connectivity index (χ2n) is 11.0. The molecule has 4 heterocycles. The lowest BCUT2D eigenvalue weighted by Crippen LogP contribution is -2.31. The molecule has 0 bridgehead atoms. The van der Waals surface area contributed by atoms with Gasteiger partial charge in [-0.25, -0.2) is 9.97 Å². The highest BCUT2D eigenvalue weighted by molar-refractivity contribution is 5.89. The summed E-state index contributed by atoms with van der Waals surface area (Å²) in [5.41, 5.74) is 5.21. The van der Waals surface area contributed by atoms with Gasteiger partial charge in [0, 0.05) is 43.9 Å². The number of rotatable bonds is 7. The third-order valence-electron chi connectivity index (χ3n) is 7.06. The molecule has 0 fully saturated rings. The molecule has 0 aliphatic carbocycles. The Hall–Kier alpha value is -4.16. The zero-order valence-electron chi connectivity index (χ0n) is 23.5. The molecule has 5 rings (SSSR count). The Bertz CT molecular complexity index is 1500. The number of aliphatic hydroxyl groups is 1. The Balaban J connectivity index is 1.42. The quantitative estimate of drug-likeness (QED) is 0.316. The van der Waals surface area contributed by atoms with Gasteiger partial charge in [0.25, 0.3) is 0 Å². The van der Waals surface area contributed by atoms with Crippen molar-refractivity contribution in [2.45, 2.75) is 52.1 Å². The van der Waals surface area contributed by atoms with E-state index < -0.39 is 5.91 Å². The van der Waals surface area contributed by atoms with E-state index >= 15 is 0 Å². The van der Waals surface area contributed by atoms with E-state index in [0.29, 0.717) is 37.9 Å². The van der Waals surface area contributed by atoms with Crippen LogP contribution >= 0.6 is 0 Å². The van der Waals surface area contributed by atoms with Gasteiger partial charge < -0.3 is 20.2 Å². The van der Waals surface area contributed by atoms with Crippen LogP contribution in [0.25, 0.3) is 11.3 Å². The predicted molar refractivity (Wildman–Crippen MR) is 149 cm³/mol. The highest BCUT2D eigenvalue weighted by Gasteiger charge is 2.28. The first kappa shape index (κ1) is 27.4. The van der Waals surface area contributed by atoms with Crippen molar-refractivity contribution < 1.29 is 14.3 Å². The summed E-state index contributed by atoms with van der Waals surface area (Å²) in [5, 5.41) is 28.2. The average molecular weight is 546 g/mol. The molecule has 40 heavy (non-hydrogen) atoms. The number of amides is 1. The van der Waals surface area contributed by atoms with E-state index in [-0.39, 0.29) is 24.0 Å². The van der Waals surface area contributed by atoms with Gasteiger partial charge >= 0.3 is 11.8 Å². The molecule has 1 atom stereocenters. The minimum Gasteiger partial charge on any atom is -0.416 e. The van der Waals surface area contributed by atoms with Crippen LogP contribution in [0.2, 0.25) is 0 Å². The Morgan fingerprint density at radius 1 is 1.23 bits per heavy atom. The van der Waals surface area contributed by atoms with Crippen LogP contribution in [0.1, 0.15) is 66.6 Å². The van der Waals surface area contributed by atoms with E-state index in [4.69, 9.17) is 9.40 Å². The molecule has 0 radical (unpaired) electrons. The summed E-state index contributed by atoms with van der Waals surface area (Å²) in [4.78, 5) is 24.4. The SMILES string of the molecule is Cc1c(Nc2nccc(-c3ccc4c(c3)CN(CCO)CC[C@H]4NC(=O)c3nnc(C(C)(C)C)o3)n2)cnn1C. The van der Waals surface area contributed by atoms with Crippen molar-refractivity contribution >= 4 is 17.5 Å². The maximum absolute atomic E-state index is 13.1. The molecule has 1 aromatic carbocycles. The molecule has 1 aliphatic rings. The van der Waals surface area contributed by atoms with Crippen molar-refractivity contribution in [2.75, 3.05) is 25.0 Å². The molecule has 12 heteroatoms. The lowest BCUT2D eigenvalue weighted by Gasteiger charge is -2.19. The van der Waals surface area contributed by atoms with Gasteiger partial charge in [0.15, 0.2) is 0 Å². The first-order chi connectivity index (χ1) is 19.1. The van der Waals surface area contributed by atoms with Crippen molar-refractivity contribution in [1.82, 2.24) is 40.2 Å². The van der Waals surface area contributed by atoms with E-state index in [2.05, 4.69) is 41.9 Å². The number of hydrogen-bond donors (Lipinski definition) is 3. The van der Waals surface area contributed by atoms with Crippen LogP contribution in [0.5, 0.6) is 0 Å². The first-order valence-electron chi connectivity index (χ1n) is 13.3. The number of benzene rings is 1. The lowest BCUT2D eigenvalue weighted by atomic mass is 9.96. The third kappa shape index (κ3) is 5.87. The van der Waals surface area contributed by atoms with Crippen LogP contribution in [0.3, 0.4) is 0 Å². The normalized spacial score (nSPS) is 15.9. The topological polar surface area (TPSA) is 147 Å². The summed E-state index contributed by atoms with van der Waals surface area (Å²) in [7, 11) is 1.88. The van der Waals surface area contributed by atoms with Gasteiger partial charge in [0.2, 0.25) is 11.8 Å². The Labute approximate surface area is 232 Å². The number of aromatic nitrogens is 6. The zero-order valence-corrected chi connectivity index (χ0v) is 23.5. The molecule has 210 valence electrons. The Morgan fingerprint density at radius 2 is 2.05 bits per heavy atom. The molecule has 3 N–H and O–H groups in total. The summed E-state index contributed by atoms with van der Waals surface area (Å²) in [6.07, 6.45) is 4.14. The highest BCUT2D eigenvalue weighted by atomic mass is 16.4. The second-order valence-corrected chi connectivity index (χ2v) is 11.0. The Morgan fingerprint density at radius 3 is 2.75 bits per heavy atom. The zero-order chi connectivity index (χ0) is 28.4. The number of anilines is 2. The first-order valence-corrected chi connectivity index (χ1v) is 13.3. The summed E-state index contributed by atoms with van der Waals surface area (Å²) in [6.45, 7) is 9.76. The molecule has 0 saturated carbocycles. The fourth-order valence-corrected chi connectivity index (χ4v) is 4.67. The van der Waals surface area contributed by atoms with Crippen molar-refractivity contribution in [2.24, 2.45) is 7.05 Å². The van der Waals surface area contributed by atoms with Crippen LogP contribution < -0.4 is 10.6 Å². The van der Waals surface area contributed by atoms with Gasteiger partial charge in [-0.05, 0) is 36.6 Å². The number of fused-ring (bicyclic) bond motifs is 1. The number of carbonyl (C=O) groups is 1. The van der Waals surface area contributed by atoms with Crippen LogP contribution in [0, 0.1) is 6.92 Å². The van der Waals surface area contributed by atoms with Gasteiger partial charge in [0.05, 0.1) is 35.9 Å². The Kier molecular flexibility index (Phi) is 7.63. The van der Waals surface area contributed by atoms with Gasteiger partial charge in [0.1, 0.15) is 0 Å². The van der Waals surface area contributed by atoms with Gasteiger partial charge in [-0.3, -0.25) is 14.4 Å². The molecular weight excluding hydrogens is 510 g/mol. The second kappa shape index (κ2) is 11.1. The smallest absolute Gasteiger partial charge is 0.309 e. The minimum atomic E-state index is -0.407. The van der Waals surface area contributed by atoms with Crippen LogP contribution in [0.15, 0.2) is 41.1 Å². The standard InChI is InChI=1S/C28H35N9O3/c1-17-23(15-30-36(17)5)33-27-29-10-8-21(32-27)18-6-7-20-19(14-18)16-37(12-13-38)11-9-22(20)31-24(39)25-34-35-26(40-25)28(2,3)4/h6-8,10,14-15,22,38H,9,11-13,16H2,1-5H3,(H,31,39)(H,29,32,33)/t22-/m1/s1. The maximum atomic E-state index is 13.1. The van der Waals surface area contributed by atoms with Crippen LogP contribution in [-0.4, -0.2) is 65.6 Å². The predicted octanol–water partition coefficient (Wildman–Crippen LogP) is 3.28. The lowest BCUT2D eigenvalue weighted by molar-refractivity contribution is 0.0893. The molecule has 0 spiro atoms. The molecule has 3 aromatic heterocycles. The van der Waals surface area contributed by atoms with Crippen molar-refractivity contribution in [3.05, 3.63) is 65.3 Å². The largest absolute Gasteiger partial charge is 0.416 e. The highest BCUT2D eigenvalue weighted by Crippen LogP contribution is 2.31. The summed E-state index contributed by atoms with van der Waals surface area (Å²) < 4.78 is 7.45. The number of aryl methyl sites for hydroxylation is 1. The molecular formula is C28H35N9O3. The van der Waals surface area contributed by atoms with Crippen molar-refractivity contribution in [3.8, 4) is 11.3 Å². The molecule has 4 aromatic rings. The van der Waals surface area contributed by atoms with E-state index in [0.717, 1.165) is 33.8 Å². The number of carbonyl (C=O) groups excluding carboxylic acids is 1. The van der Waals surface area contributed by atoms with Crippen LogP contribution in [-0.2, 0) is 19.0 Å². The molecule has 0 unspecified atom stereocenters. The number of hydrogen-bond acceptors (Lipinski definition) is 10. The van der Waals surface area contributed by atoms with E-state index in [1.54, 1.807) is 17.1 Å². The number of β-amino-alcohol motifs (C(OH)–C–C–N with tert-alkyl or cyclic N) is 1. The molecule has 12 nitrogen and oxygen atoms in total. The number of aliphatic hydroxyl groups excluding tert-OH is 1. The van der Waals surface area contributed by atoms with Gasteiger partial charge in [-0.2, -0.15) is 5.10 Å². The van der Waals surface area contributed by atoms with Crippen molar-refractivity contribution in [1.29, 1.82) is 0 Å². The van der Waals surface area contributed by atoms with E-state index in [1.807, 2.05) is 52.9 Å².